The molecule has 2 heterocycles. The summed E-state index contributed by atoms with van der Waals surface area (Å²) in [7, 11) is 0. The van der Waals surface area contributed by atoms with Crippen LogP contribution in [0.5, 0.6) is 0 Å². The summed E-state index contributed by atoms with van der Waals surface area (Å²) in [5, 5.41) is 4.71. The Morgan fingerprint density at radius 2 is 2.12 bits per heavy atom. The van der Waals surface area contributed by atoms with Gasteiger partial charge < -0.3 is 10.1 Å². The molecule has 1 N–H and O–H groups in total. The van der Waals surface area contributed by atoms with Gasteiger partial charge >= 0.3 is 6.18 Å². The molecule has 2 aromatic rings. The zero-order chi connectivity index (χ0) is 17.9. The SMILES string of the molecule is O=C(NCc1ccccc1C(F)(F)F)c1csc(C2=CCOC=C2)n1. The predicted molar refractivity (Wildman–Crippen MR) is 87.8 cm³/mol. The van der Waals surface area contributed by atoms with Crippen LogP contribution < -0.4 is 5.32 Å². The molecule has 8 heteroatoms. The number of halogens is 3. The van der Waals surface area contributed by atoms with Crippen molar-refractivity contribution in [1.82, 2.24) is 10.3 Å². The van der Waals surface area contributed by atoms with Crippen LogP contribution in [-0.2, 0) is 17.5 Å². The van der Waals surface area contributed by atoms with Crippen LogP contribution in [0.4, 0.5) is 13.2 Å². The number of hydrogen-bond donors (Lipinski definition) is 1. The van der Waals surface area contributed by atoms with Gasteiger partial charge in [0.25, 0.3) is 5.91 Å². The summed E-state index contributed by atoms with van der Waals surface area (Å²) >= 11 is 1.29. The fourth-order valence-corrected chi connectivity index (χ4v) is 3.09. The number of nitrogens with zero attached hydrogens (tertiary/aromatic N) is 1. The number of carbonyl (C=O) groups excluding carboxylic acids is 1. The maximum absolute atomic E-state index is 13.0. The fraction of sp³-hybridized carbons (Fsp3) is 0.176. The molecule has 0 atom stereocenters. The Bertz CT molecular complexity index is 840. The third kappa shape index (κ3) is 4.08. The smallest absolute Gasteiger partial charge is 0.416 e. The largest absolute Gasteiger partial charge is 0.497 e. The number of rotatable bonds is 4. The van der Waals surface area contributed by atoms with E-state index in [1.165, 1.54) is 29.5 Å². The number of hydrogen-bond acceptors (Lipinski definition) is 4. The van der Waals surface area contributed by atoms with E-state index in [1.807, 2.05) is 6.08 Å². The number of amides is 1. The summed E-state index contributed by atoms with van der Waals surface area (Å²) < 4.78 is 43.9. The maximum atomic E-state index is 13.0. The van der Waals surface area contributed by atoms with Gasteiger partial charge in [0.15, 0.2) is 0 Å². The van der Waals surface area contributed by atoms with E-state index in [2.05, 4.69) is 10.3 Å². The molecule has 0 bridgehead atoms. The average Bonchev–Trinajstić information content (AvgIpc) is 3.10. The van der Waals surface area contributed by atoms with Gasteiger partial charge in [-0.1, -0.05) is 18.2 Å². The third-order valence-electron chi connectivity index (χ3n) is 3.49. The first-order valence-electron chi connectivity index (χ1n) is 7.32. The highest BCUT2D eigenvalue weighted by molar-refractivity contribution is 7.11. The van der Waals surface area contributed by atoms with E-state index < -0.39 is 17.6 Å². The number of benzene rings is 1. The van der Waals surface area contributed by atoms with Crippen LogP contribution in [0, 0.1) is 0 Å². The zero-order valence-electron chi connectivity index (χ0n) is 12.8. The highest BCUT2D eigenvalue weighted by Gasteiger charge is 2.32. The van der Waals surface area contributed by atoms with E-state index in [9.17, 15) is 18.0 Å². The minimum Gasteiger partial charge on any atom is -0.497 e. The fourth-order valence-electron chi connectivity index (χ4n) is 2.27. The molecule has 1 amide bonds. The number of nitrogens with one attached hydrogen (secondary N) is 1. The van der Waals surface area contributed by atoms with Crippen LogP contribution in [0.25, 0.3) is 5.57 Å². The van der Waals surface area contributed by atoms with Crippen molar-refractivity contribution in [2.24, 2.45) is 0 Å². The Labute approximate surface area is 145 Å². The predicted octanol–water partition coefficient (Wildman–Crippen LogP) is 4.02. The van der Waals surface area contributed by atoms with E-state index in [4.69, 9.17) is 4.74 Å². The number of alkyl halides is 3. The molecule has 0 saturated carbocycles. The summed E-state index contributed by atoms with van der Waals surface area (Å²) in [6.45, 7) is 0.207. The summed E-state index contributed by atoms with van der Waals surface area (Å²) in [6.07, 6.45) is 0.658. The molecule has 1 aromatic carbocycles. The number of allylic oxidation sites excluding steroid dienone is 2. The van der Waals surface area contributed by atoms with Crippen molar-refractivity contribution in [1.29, 1.82) is 0 Å². The number of aromatic nitrogens is 1. The van der Waals surface area contributed by atoms with Crippen molar-refractivity contribution in [2.45, 2.75) is 12.7 Å². The Morgan fingerprint density at radius 3 is 2.84 bits per heavy atom. The first kappa shape index (κ1) is 17.2. The summed E-state index contributed by atoms with van der Waals surface area (Å²) in [5.41, 5.74) is 0.267. The van der Waals surface area contributed by atoms with Gasteiger partial charge in [0.1, 0.15) is 17.3 Å². The van der Waals surface area contributed by atoms with Crippen molar-refractivity contribution in [3.05, 3.63) is 69.9 Å². The highest BCUT2D eigenvalue weighted by atomic mass is 32.1. The second kappa shape index (κ2) is 7.10. The summed E-state index contributed by atoms with van der Waals surface area (Å²) in [6, 6.07) is 5.15. The number of ether oxygens (including phenoxy) is 1. The average molecular weight is 366 g/mol. The van der Waals surface area contributed by atoms with Crippen LogP contribution in [-0.4, -0.2) is 17.5 Å². The molecule has 1 aromatic heterocycles. The van der Waals surface area contributed by atoms with E-state index in [0.717, 1.165) is 11.6 Å². The van der Waals surface area contributed by atoms with Gasteiger partial charge in [-0.2, -0.15) is 13.2 Å². The summed E-state index contributed by atoms with van der Waals surface area (Å²) in [5.74, 6) is -0.517. The van der Waals surface area contributed by atoms with Crippen molar-refractivity contribution >= 4 is 22.8 Å². The van der Waals surface area contributed by atoms with Gasteiger partial charge in [0, 0.05) is 17.5 Å². The van der Waals surface area contributed by atoms with Crippen molar-refractivity contribution in [3.8, 4) is 0 Å². The molecule has 4 nitrogen and oxygen atoms in total. The van der Waals surface area contributed by atoms with E-state index in [-0.39, 0.29) is 17.8 Å². The minimum absolute atomic E-state index is 0.00822. The molecule has 1 aliphatic rings. The monoisotopic (exact) mass is 366 g/mol. The lowest BCUT2D eigenvalue weighted by molar-refractivity contribution is -0.138. The Balaban J connectivity index is 1.69. The van der Waals surface area contributed by atoms with Crippen LogP contribution >= 0.6 is 11.3 Å². The highest BCUT2D eigenvalue weighted by Crippen LogP contribution is 2.31. The van der Waals surface area contributed by atoms with Gasteiger partial charge in [0.05, 0.1) is 11.8 Å². The maximum Gasteiger partial charge on any atom is 0.416 e. The van der Waals surface area contributed by atoms with Crippen LogP contribution in [0.15, 0.2) is 48.1 Å². The van der Waals surface area contributed by atoms with Gasteiger partial charge in [-0.3, -0.25) is 4.79 Å². The molecule has 0 fully saturated rings. The van der Waals surface area contributed by atoms with Crippen molar-refractivity contribution < 1.29 is 22.7 Å². The molecule has 0 saturated heterocycles. The molecular formula is C17H13F3N2O2S. The van der Waals surface area contributed by atoms with Crippen molar-refractivity contribution in [2.75, 3.05) is 6.61 Å². The van der Waals surface area contributed by atoms with Gasteiger partial charge in [-0.05, 0) is 23.8 Å². The van der Waals surface area contributed by atoms with Gasteiger partial charge in [-0.15, -0.1) is 11.3 Å². The lowest BCUT2D eigenvalue weighted by Gasteiger charge is -2.12. The number of thiazole rings is 1. The quantitative estimate of drug-likeness (QED) is 0.889. The zero-order valence-corrected chi connectivity index (χ0v) is 13.7. The Hall–Kier alpha value is -2.61. The molecule has 0 radical (unpaired) electrons. The first-order valence-corrected chi connectivity index (χ1v) is 8.20. The summed E-state index contributed by atoms with van der Waals surface area (Å²) in [4.78, 5) is 16.4. The number of carbonyl (C=O) groups is 1. The van der Waals surface area contributed by atoms with Crippen LogP contribution in [0.1, 0.15) is 26.6 Å². The minimum atomic E-state index is -4.46. The van der Waals surface area contributed by atoms with Crippen molar-refractivity contribution in [3.63, 3.8) is 0 Å². The lowest BCUT2D eigenvalue weighted by atomic mass is 10.1. The molecule has 130 valence electrons. The second-order valence-electron chi connectivity index (χ2n) is 5.17. The standard InChI is InChI=1S/C17H13F3N2O2S/c18-17(19,20)13-4-2-1-3-12(13)9-21-15(23)14-10-25-16(22-14)11-5-7-24-8-6-11/h1-7,10H,8-9H2,(H,21,23). The van der Waals surface area contributed by atoms with Gasteiger partial charge in [0.2, 0.25) is 0 Å². The van der Waals surface area contributed by atoms with E-state index >= 15 is 0 Å². The van der Waals surface area contributed by atoms with Crippen LogP contribution in [0.3, 0.4) is 0 Å². The first-order chi connectivity index (χ1) is 11.9. The Kier molecular flexibility index (Phi) is 4.89. The van der Waals surface area contributed by atoms with Gasteiger partial charge in [-0.25, -0.2) is 4.98 Å². The molecular weight excluding hydrogens is 353 g/mol. The molecule has 0 spiro atoms. The van der Waals surface area contributed by atoms with Crippen LogP contribution in [0.2, 0.25) is 0 Å². The lowest BCUT2D eigenvalue weighted by Crippen LogP contribution is -2.24. The molecule has 1 aliphatic heterocycles. The molecule has 25 heavy (non-hydrogen) atoms. The van der Waals surface area contributed by atoms with E-state index in [0.29, 0.717) is 11.6 Å². The third-order valence-corrected chi connectivity index (χ3v) is 4.38. The molecule has 0 aliphatic carbocycles. The second-order valence-corrected chi connectivity index (χ2v) is 6.03. The van der Waals surface area contributed by atoms with E-state index in [1.54, 1.807) is 17.7 Å². The topological polar surface area (TPSA) is 51.2 Å². The molecule has 3 rings (SSSR count). The Morgan fingerprint density at radius 1 is 1.32 bits per heavy atom. The molecule has 0 unspecified atom stereocenters. The normalized spacial score (nSPS) is 14.0.